The Hall–Kier alpha value is -0.530. The second kappa shape index (κ2) is 6.82. The van der Waals surface area contributed by atoms with E-state index in [1.54, 1.807) is 0 Å². The van der Waals surface area contributed by atoms with Crippen LogP contribution in [0.4, 0.5) is 0 Å². The third-order valence-corrected chi connectivity index (χ3v) is 10.2. The molecule has 4 aliphatic rings. The molecule has 0 spiro atoms. The minimum absolute atomic E-state index is 0.351. The van der Waals surface area contributed by atoms with Gasteiger partial charge < -0.3 is 5.11 Å². The molecule has 4 rings (SSSR count). The average molecular weight is 361 g/mol. The first-order chi connectivity index (χ1) is 12.4. The molecule has 1 N–H and O–H groups in total. The molecule has 2 heteroatoms. The number of carboxylic acids is 1. The molecule has 2 nitrogen and oxygen atoms in total. The predicted octanol–water partition coefficient (Wildman–Crippen LogP) is 6.54. The molecule has 0 aliphatic heterocycles. The minimum Gasteiger partial charge on any atom is -0.481 e. The summed E-state index contributed by atoms with van der Waals surface area (Å²) in [4.78, 5) is 11.0. The summed E-state index contributed by atoms with van der Waals surface area (Å²) in [5.41, 5.74) is 1.12. The van der Waals surface area contributed by atoms with Gasteiger partial charge in [0.2, 0.25) is 0 Å². The Morgan fingerprint density at radius 3 is 2.50 bits per heavy atom. The first-order valence-electron chi connectivity index (χ1n) is 11.6. The van der Waals surface area contributed by atoms with Crippen LogP contribution >= 0.6 is 0 Å². The van der Waals surface area contributed by atoms with Crippen LogP contribution in [0, 0.1) is 46.3 Å². The molecule has 0 saturated heterocycles. The van der Waals surface area contributed by atoms with Crippen LogP contribution in [0.3, 0.4) is 0 Å². The molecule has 0 amide bonds. The van der Waals surface area contributed by atoms with Crippen molar-refractivity contribution in [3.63, 3.8) is 0 Å². The lowest BCUT2D eigenvalue weighted by molar-refractivity contribution is -0.137. The Balaban J connectivity index is 1.52. The highest BCUT2D eigenvalue weighted by molar-refractivity contribution is 5.66. The van der Waals surface area contributed by atoms with Gasteiger partial charge in [-0.1, -0.05) is 33.6 Å². The lowest BCUT2D eigenvalue weighted by atomic mass is 9.44. The Kier molecular flexibility index (Phi) is 4.93. The van der Waals surface area contributed by atoms with Gasteiger partial charge in [0.05, 0.1) is 0 Å². The van der Waals surface area contributed by atoms with Crippen LogP contribution in [0.25, 0.3) is 0 Å². The average Bonchev–Trinajstić information content (AvgIpc) is 2.96. The van der Waals surface area contributed by atoms with E-state index in [-0.39, 0.29) is 0 Å². The molecular weight excluding hydrogens is 320 g/mol. The molecule has 0 bridgehead atoms. The summed E-state index contributed by atoms with van der Waals surface area (Å²) in [5, 5.41) is 9.09. The van der Waals surface area contributed by atoms with Gasteiger partial charge in [-0.2, -0.15) is 0 Å². The fourth-order valence-corrected chi connectivity index (χ4v) is 8.82. The predicted molar refractivity (Wildman–Crippen MR) is 106 cm³/mol. The van der Waals surface area contributed by atoms with Crippen molar-refractivity contribution in [1.29, 1.82) is 0 Å². The van der Waals surface area contributed by atoms with Crippen molar-refractivity contribution in [2.75, 3.05) is 0 Å². The quantitative estimate of drug-likeness (QED) is 0.618. The Morgan fingerprint density at radius 1 is 0.962 bits per heavy atom. The van der Waals surface area contributed by atoms with E-state index in [4.69, 9.17) is 5.11 Å². The van der Waals surface area contributed by atoms with E-state index in [0.29, 0.717) is 23.2 Å². The highest BCUT2D eigenvalue weighted by Crippen LogP contribution is 2.68. The smallest absolute Gasteiger partial charge is 0.303 e. The molecule has 0 heterocycles. The van der Waals surface area contributed by atoms with Crippen molar-refractivity contribution < 1.29 is 9.90 Å². The molecule has 0 radical (unpaired) electrons. The summed E-state index contributed by atoms with van der Waals surface area (Å²) in [6.45, 7) is 7.60. The Morgan fingerprint density at radius 2 is 1.73 bits per heavy atom. The van der Waals surface area contributed by atoms with Gasteiger partial charge in [0, 0.05) is 6.42 Å². The van der Waals surface area contributed by atoms with E-state index in [1.165, 1.54) is 64.2 Å². The first kappa shape index (κ1) is 18.8. The Labute approximate surface area is 160 Å². The van der Waals surface area contributed by atoms with Gasteiger partial charge in [0.1, 0.15) is 0 Å². The molecule has 0 aromatic rings. The van der Waals surface area contributed by atoms with Crippen molar-refractivity contribution in [2.45, 2.75) is 97.8 Å². The molecule has 0 aromatic heterocycles. The van der Waals surface area contributed by atoms with Gasteiger partial charge in [-0.25, -0.2) is 0 Å². The fourth-order valence-electron chi connectivity index (χ4n) is 8.82. The maximum Gasteiger partial charge on any atom is 0.303 e. The lowest BCUT2D eigenvalue weighted by Crippen LogP contribution is -2.53. The molecule has 4 saturated carbocycles. The SMILES string of the molecule is CC(CCC(=O)O)C1CCC2C3CCC4CCCC[C@]4(C)C3CC[C@]12C. The summed E-state index contributed by atoms with van der Waals surface area (Å²) in [5.74, 6) is 4.57. The third kappa shape index (κ3) is 2.85. The van der Waals surface area contributed by atoms with Gasteiger partial charge in [0.15, 0.2) is 0 Å². The lowest BCUT2D eigenvalue weighted by Gasteiger charge is -2.61. The molecule has 4 fully saturated rings. The van der Waals surface area contributed by atoms with Crippen molar-refractivity contribution in [1.82, 2.24) is 0 Å². The van der Waals surface area contributed by atoms with Gasteiger partial charge in [-0.05, 0) is 104 Å². The maximum atomic E-state index is 11.0. The number of carbonyl (C=O) groups is 1. The molecule has 26 heavy (non-hydrogen) atoms. The molecule has 148 valence electrons. The number of carboxylic acid groups (broad SMARTS) is 1. The zero-order chi connectivity index (χ0) is 18.5. The standard InChI is InChI=1S/C24H40O2/c1-16(7-12-22(25)26)19-10-11-20-18-9-8-17-6-4-5-14-23(17,2)21(18)13-15-24(19,20)3/h16-21H,4-15H2,1-3H3,(H,25,26)/t16?,17?,18?,19?,20?,21?,23-,24+/m0/s1. The minimum atomic E-state index is -0.621. The second-order valence-electron chi connectivity index (χ2n) is 11.0. The zero-order valence-electron chi connectivity index (χ0n) is 17.3. The maximum absolute atomic E-state index is 11.0. The van der Waals surface area contributed by atoms with Gasteiger partial charge in [-0.3, -0.25) is 4.79 Å². The number of fused-ring (bicyclic) bond motifs is 5. The van der Waals surface area contributed by atoms with E-state index in [1.807, 2.05) is 0 Å². The molecule has 0 aromatic carbocycles. The highest BCUT2D eigenvalue weighted by Gasteiger charge is 2.60. The van der Waals surface area contributed by atoms with Crippen LogP contribution in [0.5, 0.6) is 0 Å². The Bertz CT molecular complexity index is 542. The van der Waals surface area contributed by atoms with Crippen LogP contribution in [0.15, 0.2) is 0 Å². The third-order valence-electron chi connectivity index (χ3n) is 10.2. The summed E-state index contributed by atoms with van der Waals surface area (Å²) < 4.78 is 0. The van der Waals surface area contributed by atoms with Crippen molar-refractivity contribution in [3.05, 3.63) is 0 Å². The fraction of sp³-hybridized carbons (Fsp3) is 0.958. The van der Waals surface area contributed by atoms with E-state index in [9.17, 15) is 4.79 Å². The van der Waals surface area contributed by atoms with Crippen LogP contribution in [0.1, 0.15) is 97.8 Å². The van der Waals surface area contributed by atoms with Crippen LogP contribution in [0.2, 0.25) is 0 Å². The normalized spacial score (nSPS) is 49.0. The number of rotatable bonds is 4. The van der Waals surface area contributed by atoms with Crippen molar-refractivity contribution >= 4 is 5.97 Å². The monoisotopic (exact) mass is 360 g/mol. The van der Waals surface area contributed by atoms with Crippen LogP contribution < -0.4 is 0 Å². The van der Waals surface area contributed by atoms with E-state index >= 15 is 0 Å². The number of hydrogen-bond acceptors (Lipinski definition) is 1. The van der Waals surface area contributed by atoms with Crippen LogP contribution in [-0.4, -0.2) is 11.1 Å². The van der Waals surface area contributed by atoms with Gasteiger partial charge in [-0.15, -0.1) is 0 Å². The second-order valence-corrected chi connectivity index (χ2v) is 11.0. The molecule has 4 aliphatic carbocycles. The van der Waals surface area contributed by atoms with Crippen molar-refractivity contribution in [2.24, 2.45) is 46.3 Å². The number of aliphatic carboxylic acids is 1. The summed E-state index contributed by atoms with van der Waals surface area (Å²) in [6.07, 6.45) is 15.7. The summed E-state index contributed by atoms with van der Waals surface area (Å²) >= 11 is 0. The zero-order valence-corrected chi connectivity index (χ0v) is 17.3. The van der Waals surface area contributed by atoms with E-state index in [2.05, 4.69) is 20.8 Å². The molecule has 6 unspecified atom stereocenters. The largest absolute Gasteiger partial charge is 0.481 e. The molecule has 8 atom stereocenters. The summed E-state index contributed by atoms with van der Waals surface area (Å²) in [7, 11) is 0. The van der Waals surface area contributed by atoms with E-state index in [0.717, 1.165) is 36.0 Å². The molecular formula is C24H40O2. The van der Waals surface area contributed by atoms with Crippen LogP contribution in [-0.2, 0) is 4.79 Å². The van der Waals surface area contributed by atoms with Gasteiger partial charge >= 0.3 is 5.97 Å². The summed E-state index contributed by atoms with van der Waals surface area (Å²) in [6, 6.07) is 0. The first-order valence-corrected chi connectivity index (χ1v) is 11.6. The van der Waals surface area contributed by atoms with Gasteiger partial charge in [0.25, 0.3) is 0 Å². The number of hydrogen-bond donors (Lipinski definition) is 1. The van der Waals surface area contributed by atoms with E-state index < -0.39 is 5.97 Å². The topological polar surface area (TPSA) is 37.3 Å². The highest BCUT2D eigenvalue weighted by atomic mass is 16.4. The van der Waals surface area contributed by atoms with Crippen molar-refractivity contribution in [3.8, 4) is 0 Å².